The first kappa shape index (κ1) is 17.9. The molecule has 0 aromatic carbocycles. The Kier molecular flexibility index (Phi) is 4.75. The van der Waals surface area contributed by atoms with Crippen LogP contribution in [0.2, 0.25) is 0 Å². The van der Waals surface area contributed by atoms with Crippen LogP contribution < -0.4 is 10.9 Å². The third-order valence-corrected chi connectivity index (χ3v) is 3.63. The SMILES string of the molecule is C.C[C@@H](NC(=O)c1ncnc2[nH]c(=O)cnc12)c1cc(-c2ncc[nH]2)no1. The molecule has 0 spiro atoms. The minimum absolute atomic E-state index is 0. The van der Waals surface area contributed by atoms with Crippen LogP contribution in [-0.4, -0.2) is 41.0 Å². The van der Waals surface area contributed by atoms with Gasteiger partial charge in [-0.15, -0.1) is 0 Å². The molecule has 0 aliphatic heterocycles. The first-order chi connectivity index (χ1) is 12.6. The molecule has 27 heavy (non-hydrogen) atoms. The van der Waals surface area contributed by atoms with Crippen LogP contribution >= 0.6 is 0 Å². The van der Waals surface area contributed by atoms with Gasteiger partial charge in [-0.1, -0.05) is 12.6 Å². The molecule has 4 aromatic heterocycles. The van der Waals surface area contributed by atoms with Gasteiger partial charge in [-0.25, -0.2) is 19.9 Å². The van der Waals surface area contributed by atoms with Gasteiger partial charge in [0.15, 0.2) is 22.9 Å². The Bertz CT molecular complexity index is 1130. The van der Waals surface area contributed by atoms with E-state index in [0.717, 1.165) is 6.20 Å². The second kappa shape index (κ2) is 7.15. The van der Waals surface area contributed by atoms with Crippen molar-refractivity contribution in [3.8, 4) is 11.5 Å². The quantitative estimate of drug-likeness (QED) is 0.485. The molecule has 0 saturated carbocycles. The lowest BCUT2D eigenvalue weighted by molar-refractivity contribution is 0.0930. The third kappa shape index (κ3) is 3.42. The fraction of sp³-hybridized carbons (Fsp3) is 0.188. The summed E-state index contributed by atoms with van der Waals surface area (Å²) in [5, 5.41) is 6.67. The molecular weight excluding hydrogens is 352 g/mol. The molecule has 138 valence electrons. The van der Waals surface area contributed by atoms with E-state index in [4.69, 9.17) is 4.52 Å². The molecule has 0 aliphatic rings. The number of nitrogens with zero attached hydrogens (tertiary/aromatic N) is 5. The van der Waals surface area contributed by atoms with Gasteiger partial charge in [-0.2, -0.15) is 0 Å². The van der Waals surface area contributed by atoms with E-state index in [1.165, 1.54) is 6.33 Å². The first-order valence-corrected chi connectivity index (χ1v) is 7.59. The molecule has 0 radical (unpaired) electrons. The highest BCUT2D eigenvalue weighted by atomic mass is 16.5. The topological polar surface area (TPSA) is 155 Å². The van der Waals surface area contributed by atoms with Crippen LogP contribution in [0.15, 0.2) is 40.3 Å². The van der Waals surface area contributed by atoms with Gasteiger partial charge in [0.05, 0.1) is 12.2 Å². The van der Waals surface area contributed by atoms with Crippen molar-refractivity contribution < 1.29 is 9.32 Å². The predicted molar refractivity (Wildman–Crippen MR) is 94.7 cm³/mol. The minimum Gasteiger partial charge on any atom is -0.358 e. The van der Waals surface area contributed by atoms with E-state index in [2.05, 4.69) is 40.4 Å². The Morgan fingerprint density at radius 1 is 1.26 bits per heavy atom. The lowest BCUT2D eigenvalue weighted by atomic mass is 10.2. The maximum atomic E-state index is 12.5. The van der Waals surface area contributed by atoms with Crippen LogP contribution in [0.25, 0.3) is 22.7 Å². The fourth-order valence-electron chi connectivity index (χ4n) is 2.38. The molecule has 4 aromatic rings. The number of aromatic nitrogens is 7. The van der Waals surface area contributed by atoms with Gasteiger partial charge in [0.1, 0.15) is 17.5 Å². The van der Waals surface area contributed by atoms with Crippen molar-refractivity contribution in [1.29, 1.82) is 0 Å². The Labute approximate surface area is 152 Å². The first-order valence-electron chi connectivity index (χ1n) is 7.59. The average molecular weight is 368 g/mol. The van der Waals surface area contributed by atoms with Gasteiger partial charge in [0, 0.05) is 18.5 Å². The number of rotatable bonds is 4. The van der Waals surface area contributed by atoms with E-state index < -0.39 is 17.5 Å². The number of H-pyrrole nitrogens is 2. The van der Waals surface area contributed by atoms with Crippen LogP contribution in [0.1, 0.15) is 36.6 Å². The zero-order chi connectivity index (χ0) is 18.1. The van der Waals surface area contributed by atoms with Gasteiger partial charge in [-0.05, 0) is 6.92 Å². The third-order valence-electron chi connectivity index (χ3n) is 3.63. The van der Waals surface area contributed by atoms with E-state index in [1.807, 2.05) is 0 Å². The zero-order valence-electron chi connectivity index (χ0n) is 13.4. The standard InChI is InChI=1S/C15H12N8O3.CH4/c1-7(9-4-8(23-26-9)13-16-2-3-17-13)21-15(25)12-11-14(20-6-19-12)22-10(24)5-18-11;/h2-7H,1H3,(H,16,17)(H,21,25)(H,19,20,22,24);1H4/t7-;/m1./s1. The molecule has 0 saturated heterocycles. The van der Waals surface area contributed by atoms with Gasteiger partial charge in [0.2, 0.25) is 0 Å². The molecule has 4 heterocycles. The maximum absolute atomic E-state index is 12.5. The van der Waals surface area contributed by atoms with Crippen molar-refractivity contribution in [3.05, 3.63) is 52.8 Å². The molecular formula is C16H16N8O3. The Morgan fingerprint density at radius 2 is 2.11 bits per heavy atom. The van der Waals surface area contributed by atoms with Crippen molar-refractivity contribution in [2.24, 2.45) is 0 Å². The average Bonchev–Trinajstić information content (AvgIpc) is 3.32. The van der Waals surface area contributed by atoms with Crippen LogP contribution in [0.3, 0.4) is 0 Å². The summed E-state index contributed by atoms with van der Waals surface area (Å²) in [6.07, 6.45) is 5.53. The molecule has 11 nitrogen and oxygen atoms in total. The number of hydrogen-bond donors (Lipinski definition) is 3. The molecule has 0 unspecified atom stereocenters. The summed E-state index contributed by atoms with van der Waals surface area (Å²) in [6.45, 7) is 1.74. The van der Waals surface area contributed by atoms with Gasteiger partial charge in [0.25, 0.3) is 11.5 Å². The van der Waals surface area contributed by atoms with Crippen molar-refractivity contribution in [1.82, 2.24) is 40.4 Å². The van der Waals surface area contributed by atoms with Crippen LogP contribution in [0, 0.1) is 0 Å². The monoisotopic (exact) mass is 368 g/mol. The molecule has 0 aliphatic carbocycles. The van der Waals surface area contributed by atoms with Gasteiger partial charge in [-0.3, -0.25) is 9.59 Å². The molecule has 0 bridgehead atoms. The molecule has 0 fully saturated rings. The van der Waals surface area contributed by atoms with Crippen molar-refractivity contribution >= 4 is 17.1 Å². The maximum Gasteiger partial charge on any atom is 0.272 e. The number of fused-ring (bicyclic) bond motifs is 1. The van der Waals surface area contributed by atoms with Crippen LogP contribution in [0.4, 0.5) is 0 Å². The lowest BCUT2D eigenvalue weighted by Crippen LogP contribution is -2.28. The number of nitrogens with one attached hydrogen (secondary N) is 3. The summed E-state index contributed by atoms with van der Waals surface area (Å²) in [5.41, 5.74) is 0.542. The zero-order valence-corrected chi connectivity index (χ0v) is 13.4. The fourth-order valence-corrected chi connectivity index (χ4v) is 2.38. The highest BCUT2D eigenvalue weighted by Gasteiger charge is 2.20. The molecule has 4 rings (SSSR count). The predicted octanol–water partition coefficient (Wildman–Crippen LogP) is 1.22. The smallest absolute Gasteiger partial charge is 0.272 e. The minimum atomic E-state index is -0.486. The Balaban J connectivity index is 0.00000210. The van der Waals surface area contributed by atoms with E-state index in [9.17, 15) is 9.59 Å². The largest absolute Gasteiger partial charge is 0.358 e. The summed E-state index contributed by atoms with van der Waals surface area (Å²) < 4.78 is 5.27. The van der Waals surface area contributed by atoms with Crippen molar-refractivity contribution in [2.75, 3.05) is 0 Å². The Morgan fingerprint density at radius 3 is 2.89 bits per heavy atom. The molecule has 1 amide bonds. The molecule has 11 heteroatoms. The normalized spacial score (nSPS) is 11.7. The Hall–Kier alpha value is -3.89. The second-order valence-corrected chi connectivity index (χ2v) is 5.41. The number of hydrogen-bond acceptors (Lipinski definition) is 8. The van der Waals surface area contributed by atoms with E-state index in [1.54, 1.807) is 25.4 Å². The number of imidazole rings is 1. The van der Waals surface area contributed by atoms with Gasteiger partial charge >= 0.3 is 0 Å². The summed E-state index contributed by atoms with van der Waals surface area (Å²) in [6, 6.07) is 1.20. The van der Waals surface area contributed by atoms with E-state index in [0.29, 0.717) is 17.3 Å². The van der Waals surface area contributed by atoms with E-state index >= 15 is 0 Å². The van der Waals surface area contributed by atoms with Crippen molar-refractivity contribution in [3.63, 3.8) is 0 Å². The van der Waals surface area contributed by atoms with Gasteiger partial charge < -0.3 is 19.8 Å². The van der Waals surface area contributed by atoms with Crippen LogP contribution in [-0.2, 0) is 0 Å². The number of carbonyl (C=O) groups excluding carboxylic acids is 1. The summed E-state index contributed by atoms with van der Waals surface area (Å²) in [7, 11) is 0. The van der Waals surface area contributed by atoms with E-state index in [-0.39, 0.29) is 24.3 Å². The summed E-state index contributed by atoms with van der Waals surface area (Å²) in [5.74, 6) is 0.526. The molecule has 1 atom stereocenters. The van der Waals surface area contributed by atoms with Crippen LogP contribution in [0.5, 0.6) is 0 Å². The molecule has 3 N–H and O–H groups in total. The number of carbonyl (C=O) groups is 1. The second-order valence-electron chi connectivity index (χ2n) is 5.41. The number of aromatic amines is 2. The summed E-state index contributed by atoms with van der Waals surface area (Å²) in [4.78, 5) is 45.2. The lowest BCUT2D eigenvalue weighted by Gasteiger charge is -2.10. The highest BCUT2D eigenvalue weighted by Crippen LogP contribution is 2.20. The summed E-state index contributed by atoms with van der Waals surface area (Å²) >= 11 is 0. The highest BCUT2D eigenvalue weighted by molar-refractivity contribution is 6.01. The van der Waals surface area contributed by atoms with Crippen molar-refractivity contribution in [2.45, 2.75) is 20.4 Å². The number of amides is 1.